The first kappa shape index (κ1) is 25.5. The fraction of sp³-hybridized carbons (Fsp3) is 0.464. The van der Waals surface area contributed by atoms with Crippen LogP contribution in [0, 0.1) is 17.2 Å². The van der Waals surface area contributed by atoms with E-state index in [1.165, 1.54) is 0 Å². The molecule has 0 spiro atoms. The zero-order valence-electron chi connectivity index (χ0n) is 21.0. The van der Waals surface area contributed by atoms with Crippen molar-refractivity contribution in [3.63, 3.8) is 0 Å². The maximum absolute atomic E-state index is 13.3. The quantitative estimate of drug-likeness (QED) is 0.529. The van der Waals surface area contributed by atoms with Crippen LogP contribution in [0.15, 0.2) is 42.5 Å². The van der Waals surface area contributed by atoms with Gasteiger partial charge in [0.25, 0.3) is 0 Å². The Bertz CT molecular complexity index is 1180. The summed E-state index contributed by atoms with van der Waals surface area (Å²) in [6.07, 6.45) is 2.30. The maximum Gasteiger partial charge on any atom is 0.411 e. The van der Waals surface area contributed by atoms with Crippen LogP contribution >= 0.6 is 0 Å². The van der Waals surface area contributed by atoms with Gasteiger partial charge in [0.2, 0.25) is 5.91 Å². The molecule has 190 valence electrons. The highest BCUT2D eigenvalue weighted by Crippen LogP contribution is 2.43. The van der Waals surface area contributed by atoms with E-state index in [2.05, 4.69) is 11.4 Å². The number of hydrogen-bond acceptors (Lipinski definition) is 6. The van der Waals surface area contributed by atoms with Gasteiger partial charge in [0.1, 0.15) is 17.7 Å². The summed E-state index contributed by atoms with van der Waals surface area (Å²) in [4.78, 5) is 27.8. The third-order valence-electron chi connectivity index (χ3n) is 6.96. The van der Waals surface area contributed by atoms with E-state index in [0.29, 0.717) is 11.3 Å². The summed E-state index contributed by atoms with van der Waals surface area (Å²) in [7, 11) is 0. The summed E-state index contributed by atoms with van der Waals surface area (Å²) >= 11 is 0. The molecule has 36 heavy (non-hydrogen) atoms. The van der Waals surface area contributed by atoms with E-state index in [-0.39, 0.29) is 30.9 Å². The zero-order chi connectivity index (χ0) is 26.0. The second kappa shape index (κ2) is 10.2. The van der Waals surface area contributed by atoms with E-state index >= 15 is 0 Å². The van der Waals surface area contributed by atoms with Crippen molar-refractivity contribution in [2.45, 2.75) is 76.8 Å². The van der Waals surface area contributed by atoms with E-state index in [9.17, 15) is 20.0 Å². The van der Waals surface area contributed by atoms with Crippen LogP contribution in [0.4, 0.5) is 10.5 Å². The summed E-state index contributed by atoms with van der Waals surface area (Å²) in [6, 6.07) is 13.8. The number of amides is 2. The number of ether oxygens (including phenoxy) is 1. The molecule has 1 saturated heterocycles. The van der Waals surface area contributed by atoms with Crippen molar-refractivity contribution >= 4 is 17.7 Å². The summed E-state index contributed by atoms with van der Waals surface area (Å²) in [5.74, 6) is -0.255. The van der Waals surface area contributed by atoms with Crippen molar-refractivity contribution in [2.24, 2.45) is 5.92 Å². The van der Waals surface area contributed by atoms with Crippen molar-refractivity contribution in [3.05, 3.63) is 53.6 Å². The molecule has 4 rings (SSSR count). The molecule has 4 N–H and O–H groups in total. The Morgan fingerprint density at radius 2 is 1.97 bits per heavy atom. The first-order valence-electron chi connectivity index (χ1n) is 12.4. The Hall–Kier alpha value is -3.57. The third kappa shape index (κ3) is 5.31. The fourth-order valence-corrected chi connectivity index (χ4v) is 5.43. The number of carbonyl (C=O) groups is 2. The monoisotopic (exact) mass is 490 g/mol. The molecule has 0 aromatic heterocycles. The first-order chi connectivity index (χ1) is 17.1. The number of aliphatic hydroxyl groups is 1. The molecule has 2 aromatic rings. The average molecular weight is 491 g/mol. The van der Waals surface area contributed by atoms with E-state index in [4.69, 9.17) is 10.5 Å². The highest BCUT2D eigenvalue weighted by molar-refractivity contribution is 5.87. The van der Waals surface area contributed by atoms with E-state index in [0.717, 1.165) is 36.0 Å². The summed E-state index contributed by atoms with van der Waals surface area (Å²) < 4.78 is 5.57. The first-order valence-corrected chi connectivity index (χ1v) is 12.4. The molecule has 1 aliphatic heterocycles. The van der Waals surface area contributed by atoms with Crippen molar-refractivity contribution in [1.82, 2.24) is 10.2 Å². The van der Waals surface area contributed by atoms with Crippen LogP contribution in [0.3, 0.4) is 0 Å². The van der Waals surface area contributed by atoms with Crippen LogP contribution in [0.1, 0.15) is 51.2 Å². The zero-order valence-corrected chi connectivity index (χ0v) is 21.0. The lowest BCUT2D eigenvalue weighted by molar-refractivity contribution is -0.128. The lowest BCUT2D eigenvalue weighted by Crippen LogP contribution is -2.55. The number of piperidine rings is 1. The Labute approximate surface area is 212 Å². The molecular weight excluding hydrogens is 456 g/mol. The number of aliphatic hydroxyl groups excluding tert-OH is 1. The topological polar surface area (TPSA) is 129 Å². The number of hydrogen-bond donors (Lipinski definition) is 3. The molecule has 2 aromatic carbocycles. The van der Waals surface area contributed by atoms with Gasteiger partial charge in [0, 0.05) is 23.7 Å². The normalized spacial score (nSPS) is 21.6. The molecule has 1 aliphatic carbocycles. The van der Waals surface area contributed by atoms with Crippen LogP contribution in [0.25, 0.3) is 11.1 Å². The lowest BCUT2D eigenvalue weighted by Gasteiger charge is -2.35. The number of nitrogens with zero attached hydrogens (tertiary/aromatic N) is 2. The largest absolute Gasteiger partial charge is 0.444 e. The molecule has 2 fully saturated rings. The van der Waals surface area contributed by atoms with Crippen molar-refractivity contribution in [3.8, 4) is 17.2 Å². The number of nitrogens with one attached hydrogen (secondary N) is 1. The minimum Gasteiger partial charge on any atom is -0.444 e. The fourth-order valence-electron chi connectivity index (χ4n) is 5.43. The average Bonchev–Trinajstić information content (AvgIpc) is 3.45. The second-order valence-corrected chi connectivity index (χ2v) is 10.7. The maximum atomic E-state index is 13.3. The van der Waals surface area contributed by atoms with E-state index < -0.39 is 23.8 Å². The number of anilines is 1. The molecule has 1 heterocycles. The van der Waals surface area contributed by atoms with E-state index in [1.807, 2.05) is 42.5 Å². The minimum atomic E-state index is -0.781. The predicted octanol–water partition coefficient (Wildman–Crippen LogP) is 3.77. The summed E-state index contributed by atoms with van der Waals surface area (Å²) in [5, 5.41) is 22.6. The molecule has 2 amide bonds. The van der Waals surface area contributed by atoms with Crippen molar-refractivity contribution < 1.29 is 19.4 Å². The number of para-hydroxylation sites is 1. The number of benzene rings is 2. The molecule has 4 atom stereocenters. The molecule has 8 nitrogen and oxygen atoms in total. The van der Waals surface area contributed by atoms with Gasteiger partial charge in [0.05, 0.1) is 12.7 Å². The summed E-state index contributed by atoms with van der Waals surface area (Å²) in [6.45, 7) is 5.23. The molecule has 1 saturated carbocycles. The molecule has 0 radical (unpaired) electrons. The number of likely N-dealkylation sites (tertiary alicyclic amines) is 1. The van der Waals surface area contributed by atoms with Gasteiger partial charge in [-0.1, -0.05) is 36.4 Å². The highest BCUT2D eigenvalue weighted by atomic mass is 16.6. The van der Waals surface area contributed by atoms with Crippen LogP contribution in [-0.2, 0) is 22.6 Å². The molecule has 8 heteroatoms. The molecule has 2 bridgehead atoms. The van der Waals surface area contributed by atoms with Gasteiger partial charge in [-0.2, -0.15) is 5.26 Å². The van der Waals surface area contributed by atoms with Gasteiger partial charge in [0.15, 0.2) is 0 Å². The van der Waals surface area contributed by atoms with Crippen LogP contribution in [-0.4, -0.2) is 45.7 Å². The predicted molar refractivity (Wildman–Crippen MR) is 136 cm³/mol. The highest BCUT2D eigenvalue weighted by Gasteiger charge is 2.52. The second-order valence-electron chi connectivity index (χ2n) is 10.7. The van der Waals surface area contributed by atoms with Gasteiger partial charge in [-0.05, 0) is 68.7 Å². The molecular formula is C28H34N4O4. The number of nitrogen functional groups attached to an aromatic ring is 1. The van der Waals surface area contributed by atoms with Crippen molar-refractivity contribution in [1.29, 1.82) is 5.26 Å². The Balaban J connectivity index is 1.48. The molecule has 1 unspecified atom stereocenters. The smallest absolute Gasteiger partial charge is 0.411 e. The number of rotatable bonds is 6. The van der Waals surface area contributed by atoms with Crippen LogP contribution in [0.2, 0.25) is 0 Å². The Morgan fingerprint density at radius 1 is 1.22 bits per heavy atom. The van der Waals surface area contributed by atoms with Gasteiger partial charge in [-0.15, -0.1) is 0 Å². The number of nitrogens with two attached hydrogens (primary N) is 1. The third-order valence-corrected chi connectivity index (χ3v) is 6.96. The van der Waals surface area contributed by atoms with Gasteiger partial charge in [-0.25, -0.2) is 4.79 Å². The van der Waals surface area contributed by atoms with Gasteiger partial charge in [-0.3, -0.25) is 9.69 Å². The van der Waals surface area contributed by atoms with Gasteiger partial charge < -0.3 is 20.9 Å². The van der Waals surface area contributed by atoms with Gasteiger partial charge >= 0.3 is 6.09 Å². The minimum absolute atomic E-state index is 0.00813. The lowest BCUT2D eigenvalue weighted by atomic mass is 9.94. The van der Waals surface area contributed by atoms with Crippen molar-refractivity contribution in [2.75, 3.05) is 5.73 Å². The number of carbonyl (C=O) groups excluding carboxylic acids is 2. The molecule has 2 aliphatic rings. The Morgan fingerprint density at radius 3 is 2.64 bits per heavy atom. The van der Waals surface area contributed by atoms with Crippen LogP contribution < -0.4 is 11.1 Å². The Kier molecular flexibility index (Phi) is 7.23. The number of fused-ring (bicyclic) bond motifs is 2. The number of nitriles is 1. The SMILES string of the molecule is CC(C)(C)OC(=O)N1[C@@H]2CC[C@@H](C2)[C@H]1C(=O)NC(C#N)Cc1ccc(-c2ccccc2N)c(CO)c1. The standard InChI is InChI=1S/C28H34N4O4/c1-28(2,3)36-27(35)32-21-10-9-18(14-21)25(32)26(34)31-20(15-29)13-17-8-11-22(19(12-17)16-33)23-6-4-5-7-24(23)30/h4-8,11-12,18,20-21,25,33H,9-10,13-14,16,30H2,1-3H3,(H,31,34)/t18-,20?,21+,25-/m0/s1. The van der Waals surface area contributed by atoms with E-state index in [1.54, 1.807) is 25.7 Å². The summed E-state index contributed by atoms with van der Waals surface area (Å²) in [5.41, 5.74) is 9.23. The van der Waals surface area contributed by atoms with Crippen LogP contribution in [0.5, 0.6) is 0 Å².